The number of anilines is 2. The van der Waals surface area contributed by atoms with Crippen LogP contribution in [-0.4, -0.2) is 41.9 Å². The summed E-state index contributed by atoms with van der Waals surface area (Å²) in [5.41, 5.74) is -1.15. The van der Waals surface area contributed by atoms with Gasteiger partial charge in [-0.2, -0.15) is 18.2 Å². The summed E-state index contributed by atoms with van der Waals surface area (Å²) in [5.74, 6) is -1.58. The van der Waals surface area contributed by atoms with E-state index < -0.39 is 23.7 Å². The van der Waals surface area contributed by atoms with Gasteiger partial charge < -0.3 is 10.2 Å². The van der Waals surface area contributed by atoms with Crippen molar-refractivity contribution in [3.63, 3.8) is 0 Å². The number of piperazine rings is 1. The molecule has 2 rings (SSSR count). The van der Waals surface area contributed by atoms with Crippen molar-refractivity contribution in [2.45, 2.75) is 6.18 Å². The molecule has 10 heteroatoms. The van der Waals surface area contributed by atoms with Crippen molar-refractivity contribution in [3.05, 3.63) is 11.8 Å². The number of hydrogen-bond acceptors (Lipinski definition) is 6. The minimum Gasteiger partial charge on any atom is -0.357 e. The fourth-order valence-corrected chi connectivity index (χ4v) is 1.65. The Labute approximate surface area is 111 Å². The highest BCUT2D eigenvalue weighted by Crippen LogP contribution is 2.30. The van der Waals surface area contributed by atoms with E-state index in [1.54, 1.807) is 0 Å². The SMILES string of the molecule is CNc1nc(N2CC(=O)NC(=O)C2)cc(C(F)(F)F)n1. The van der Waals surface area contributed by atoms with Gasteiger partial charge in [-0.15, -0.1) is 0 Å². The van der Waals surface area contributed by atoms with Crippen molar-refractivity contribution in [1.29, 1.82) is 0 Å². The molecule has 0 spiro atoms. The van der Waals surface area contributed by atoms with Crippen LogP contribution in [0.1, 0.15) is 5.69 Å². The third kappa shape index (κ3) is 2.95. The minimum atomic E-state index is -4.65. The van der Waals surface area contributed by atoms with Crippen LogP contribution < -0.4 is 15.5 Å². The molecular weight excluding hydrogens is 279 g/mol. The van der Waals surface area contributed by atoms with Gasteiger partial charge in [0.2, 0.25) is 17.8 Å². The van der Waals surface area contributed by atoms with Crippen molar-refractivity contribution in [2.24, 2.45) is 0 Å². The quantitative estimate of drug-likeness (QED) is 0.745. The number of halogens is 3. The Morgan fingerprint density at radius 2 is 1.85 bits per heavy atom. The Bertz CT molecular complexity index is 544. The first-order valence-corrected chi connectivity index (χ1v) is 5.51. The maximum atomic E-state index is 12.7. The maximum absolute atomic E-state index is 12.7. The molecule has 2 amide bonds. The van der Waals surface area contributed by atoms with Crippen LogP contribution in [0.15, 0.2) is 6.07 Å². The van der Waals surface area contributed by atoms with Crippen LogP contribution in [0.5, 0.6) is 0 Å². The van der Waals surface area contributed by atoms with E-state index in [0.717, 1.165) is 4.90 Å². The molecule has 108 valence electrons. The molecule has 0 unspecified atom stereocenters. The predicted molar refractivity (Wildman–Crippen MR) is 61.9 cm³/mol. The van der Waals surface area contributed by atoms with Gasteiger partial charge in [0, 0.05) is 13.1 Å². The summed E-state index contributed by atoms with van der Waals surface area (Å²) in [6.07, 6.45) is -4.65. The van der Waals surface area contributed by atoms with Crippen LogP contribution in [0.2, 0.25) is 0 Å². The molecule has 0 atom stereocenters. The van der Waals surface area contributed by atoms with Crippen molar-refractivity contribution < 1.29 is 22.8 Å². The highest BCUT2D eigenvalue weighted by Gasteiger charge is 2.35. The first-order chi connectivity index (χ1) is 9.29. The second kappa shape index (κ2) is 4.94. The summed E-state index contributed by atoms with van der Waals surface area (Å²) in [4.78, 5) is 30.8. The molecule has 1 aromatic heterocycles. The molecule has 1 fully saturated rings. The standard InChI is InChI=1S/C10H10F3N5O2/c1-14-9-15-5(10(11,12)13)2-6(16-9)18-3-7(19)17-8(20)4-18/h2H,3-4H2,1H3,(H,14,15,16)(H,17,19,20). The topological polar surface area (TPSA) is 87.2 Å². The lowest BCUT2D eigenvalue weighted by atomic mass is 10.3. The molecule has 0 aliphatic carbocycles. The second-order valence-electron chi connectivity index (χ2n) is 4.01. The van der Waals surface area contributed by atoms with Crippen LogP contribution in [0.3, 0.4) is 0 Å². The van der Waals surface area contributed by atoms with Gasteiger partial charge in [0.25, 0.3) is 0 Å². The van der Waals surface area contributed by atoms with Gasteiger partial charge >= 0.3 is 6.18 Å². The van der Waals surface area contributed by atoms with Crippen molar-refractivity contribution in [3.8, 4) is 0 Å². The number of aromatic nitrogens is 2. The largest absolute Gasteiger partial charge is 0.433 e. The van der Waals surface area contributed by atoms with Gasteiger partial charge in [0.15, 0.2) is 5.69 Å². The highest BCUT2D eigenvalue weighted by atomic mass is 19.4. The van der Waals surface area contributed by atoms with E-state index in [-0.39, 0.29) is 24.9 Å². The summed E-state index contributed by atoms with van der Waals surface area (Å²) >= 11 is 0. The highest BCUT2D eigenvalue weighted by molar-refractivity contribution is 6.02. The number of imide groups is 1. The smallest absolute Gasteiger partial charge is 0.357 e. The molecule has 0 saturated carbocycles. The Morgan fingerprint density at radius 3 is 2.35 bits per heavy atom. The Morgan fingerprint density at radius 1 is 1.25 bits per heavy atom. The Balaban J connectivity index is 2.40. The van der Waals surface area contributed by atoms with Gasteiger partial charge in [0.05, 0.1) is 13.1 Å². The van der Waals surface area contributed by atoms with Crippen LogP contribution in [0, 0.1) is 0 Å². The summed E-state index contributed by atoms with van der Waals surface area (Å²) in [6.45, 7) is -0.494. The molecule has 1 saturated heterocycles. The Kier molecular flexibility index (Phi) is 3.47. The lowest BCUT2D eigenvalue weighted by Crippen LogP contribution is -2.51. The molecule has 1 aliphatic heterocycles. The summed E-state index contributed by atoms with van der Waals surface area (Å²) in [5, 5.41) is 4.46. The first kappa shape index (κ1) is 14.0. The zero-order valence-corrected chi connectivity index (χ0v) is 10.3. The minimum absolute atomic E-state index is 0.139. The average Bonchev–Trinajstić information content (AvgIpc) is 2.36. The van der Waals surface area contributed by atoms with Gasteiger partial charge in [-0.25, -0.2) is 4.98 Å². The zero-order chi connectivity index (χ0) is 14.9. The molecule has 20 heavy (non-hydrogen) atoms. The monoisotopic (exact) mass is 289 g/mol. The third-order valence-corrected chi connectivity index (χ3v) is 2.50. The van der Waals surface area contributed by atoms with Crippen molar-refractivity contribution >= 4 is 23.6 Å². The number of amides is 2. The second-order valence-corrected chi connectivity index (χ2v) is 4.01. The molecular formula is C10H10F3N5O2. The van der Waals surface area contributed by atoms with Crippen LogP contribution in [-0.2, 0) is 15.8 Å². The van der Waals surface area contributed by atoms with E-state index in [0.29, 0.717) is 6.07 Å². The lowest BCUT2D eigenvalue weighted by Gasteiger charge is -2.26. The van der Waals surface area contributed by atoms with Gasteiger partial charge in [-0.1, -0.05) is 0 Å². The molecule has 1 aliphatic rings. The lowest BCUT2D eigenvalue weighted by molar-refractivity contribution is -0.141. The number of carbonyl (C=O) groups is 2. The number of alkyl halides is 3. The molecule has 7 nitrogen and oxygen atoms in total. The number of nitrogens with zero attached hydrogens (tertiary/aromatic N) is 3. The summed E-state index contributed by atoms with van der Waals surface area (Å²) < 4.78 is 38.2. The predicted octanol–water partition coefficient (Wildman–Crippen LogP) is -0.000100. The molecule has 0 bridgehead atoms. The molecule has 2 N–H and O–H groups in total. The van der Waals surface area contributed by atoms with E-state index in [2.05, 4.69) is 20.6 Å². The first-order valence-electron chi connectivity index (χ1n) is 5.51. The van der Waals surface area contributed by atoms with E-state index >= 15 is 0 Å². The van der Waals surface area contributed by atoms with Gasteiger partial charge in [-0.3, -0.25) is 14.9 Å². The average molecular weight is 289 g/mol. The third-order valence-electron chi connectivity index (χ3n) is 2.50. The van der Waals surface area contributed by atoms with E-state index in [1.807, 2.05) is 0 Å². The molecule has 0 aromatic carbocycles. The van der Waals surface area contributed by atoms with Gasteiger partial charge in [0.1, 0.15) is 5.82 Å². The van der Waals surface area contributed by atoms with E-state index in [9.17, 15) is 22.8 Å². The van der Waals surface area contributed by atoms with Gasteiger partial charge in [-0.05, 0) is 0 Å². The number of carbonyl (C=O) groups excluding carboxylic acids is 2. The fraction of sp³-hybridized carbons (Fsp3) is 0.400. The fourth-order valence-electron chi connectivity index (χ4n) is 1.65. The normalized spacial score (nSPS) is 16.1. The number of rotatable bonds is 2. The van der Waals surface area contributed by atoms with Crippen LogP contribution in [0.4, 0.5) is 24.9 Å². The van der Waals surface area contributed by atoms with E-state index in [4.69, 9.17) is 0 Å². The van der Waals surface area contributed by atoms with Crippen molar-refractivity contribution in [1.82, 2.24) is 15.3 Å². The summed E-state index contributed by atoms with van der Waals surface area (Å²) in [6, 6.07) is 0.701. The zero-order valence-electron chi connectivity index (χ0n) is 10.3. The maximum Gasteiger partial charge on any atom is 0.433 e. The molecule has 1 aromatic rings. The van der Waals surface area contributed by atoms with Crippen LogP contribution in [0.25, 0.3) is 0 Å². The number of hydrogen-bond donors (Lipinski definition) is 2. The molecule has 0 radical (unpaired) electrons. The van der Waals surface area contributed by atoms with Crippen molar-refractivity contribution in [2.75, 3.05) is 30.4 Å². The summed E-state index contributed by atoms with van der Waals surface area (Å²) in [7, 11) is 1.37. The number of nitrogens with one attached hydrogen (secondary N) is 2. The molecule has 2 heterocycles. The van der Waals surface area contributed by atoms with E-state index in [1.165, 1.54) is 7.05 Å². The Hall–Kier alpha value is -2.39. The van der Waals surface area contributed by atoms with Crippen LogP contribution >= 0.6 is 0 Å².